The van der Waals surface area contributed by atoms with Gasteiger partial charge in [-0.3, -0.25) is 4.79 Å². The lowest BCUT2D eigenvalue weighted by Gasteiger charge is -2.35. The summed E-state index contributed by atoms with van der Waals surface area (Å²) in [7, 11) is 0. The highest BCUT2D eigenvalue weighted by Gasteiger charge is 2.30. The first-order chi connectivity index (χ1) is 7.10. The normalized spacial score (nSPS) is 28.3. The van der Waals surface area contributed by atoms with E-state index in [-0.39, 0.29) is 17.9 Å². The summed E-state index contributed by atoms with van der Waals surface area (Å²) < 4.78 is 0. The first-order valence-corrected chi connectivity index (χ1v) is 5.46. The van der Waals surface area contributed by atoms with Gasteiger partial charge in [-0.1, -0.05) is 13.8 Å². The van der Waals surface area contributed by atoms with Gasteiger partial charge < -0.3 is 10.0 Å². The molecule has 0 radical (unpaired) electrons. The van der Waals surface area contributed by atoms with E-state index in [2.05, 4.69) is 0 Å². The summed E-state index contributed by atoms with van der Waals surface area (Å²) in [5.41, 5.74) is 0. The fraction of sp³-hybridized carbons (Fsp3) is 0.818. The molecule has 3 unspecified atom stereocenters. The molecule has 1 aliphatic rings. The van der Waals surface area contributed by atoms with Gasteiger partial charge in [-0.2, -0.15) is 5.26 Å². The van der Waals surface area contributed by atoms with Gasteiger partial charge >= 0.3 is 0 Å². The minimum absolute atomic E-state index is 0.0845. The third-order valence-electron chi connectivity index (χ3n) is 3.03. The molecule has 3 atom stereocenters. The Morgan fingerprint density at radius 3 is 2.87 bits per heavy atom. The Morgan fingerprint density at radius 1 is 1.73 bits per heavy atom. The van der Waals surface area contributed by atoms with E-state index in [4.69, 9.17) is 5.26 Å². The summed E-state index contributed by atoms with van der Waals surface area (Å²) in [6.07, 6.45) is 0.869. The highest BCUT2D eigenvalue weighted by Crippen LogP contribution is 2.19. The number of rotatable bonds is 2. The van der Waals surface area contributed by atoms with Crippen LogP contribution in [0.2, 0.25) is 0 Å². The molecule has 1 heterocycles. The summed E-state index contributed by atoms with van der Waals surface area (Å²) in [5.74, 6) is -0.495. The van der Waals surface area contributed by atoms with Crippen LogP contribution in [0.25, 0.3) is 0 Å². The fourth-order valence-electron chi connectivity index (χ4n) is 1.87. The molecule has 0 saturated carbocycles. The number of carbonyl (C=O) groups is 1. The minimum atomic E-state index is -0.521. The van der Waals surface area contributed by atoms with Crippen molar-refractivity contribution in [1.29, 1.82) is 5.26 Å². The molecule has 1 rings (SSSR count). The van der Waals surface area contributed by atoms with Crippen LogP contribution in [0.4, 0.5) is 0 Å². The van der Waals surface area contributed by atoms with Crippen molar-refractivity contribution in [2.24, 2.45) is 11.8 Å². The van der Waals surface area contributed by atoms with Gasteiger partial charge in [-0.25, -0.2) is 0 Å². The minimum Gasteiger partial charge on any atom is -0.393 e. The molecule has 1 N–H and O–H groups in total. The van der Waals surface area contributed by atoms with Crippen molar-refractivity contribution in [2.45, 2.75) is 32.8 Å². The first kappa shape index (κ1) is 12.0. The molecule has 0 aromatic carbocycles. The molecule has 1 fully saturated rings. The van der Waals surface area contributed by atoms with E-state index >= 15 is 0 Å². The summed E-state index contributed by atoms with van der Waals surface area (Å²) >= 11 is 0. The lowest BCUT2D eigenvalue weighted by atomic mass is 9.95. The largest absolute Gasteiger partial charge is 0.393 e. The van der Waals surface area contributed by atoms with Crippen LogP contribution in [0.1, 0.15) is 26.7 Å². The number of carbonyl (C=O) groups excluding carboxylic acids is 1. The van der Waals surface area contributed by atoms with Crippen molar-refractivity contribution in [3.8, 4) is 6.07 Å². The Kier molecular flexibility index (Phi) is 4.10. The van der Waals surface area contributed by atoms with Gasteiger partial charge in [0, 0.05) is 13.1 Å². The number of aliphatic hydroxyl groups excluding tert-OH is 1. The molecule has 0 aromatic rings. The molecule has 4 nitrogen and oxygen atoms in total. The average molecular weight is 210 g/mol. The molecular formula is C11H18N2O2. The third kappa shape index (κ3) is 2.69. The van der Waals surface area contributed by atoms with Crippen molar-refractivity contribution in [1.82, 2.24) is 4.90 Å². The number of hydrogen-bond acceptors (Lipinski definition) is 3. The number of aliphatic hydroxyl groups is 1. The van der Waals surface area contributed by atoms with E-state index < -0.39 is 5.92 Å². The maximum atomic E-state index is 11.8. The monoisotopic (exact) mass is 210 g/mol. The lowest BCUT2D eigenvalue weighted by Crippen LogP contribution is -2.46. The molecule has 0 aliphatic carbocycles. The van der Waals surface area contributed by atoms with Crippen LogP contribution in [-0.4, -0.2) is 35.1 Å². The second kappa shape index (κ2) is 5.13. The number of piperidine rings is 1. The van der Waals surface area contributed by atoms with Gasteiger partial charge in [0.1, 0.15) is 5.92 Å². The zero-order valence-electron chi connectivity index (χ0n) is 9.31. The molecule has 1 amide bonds. The number of nitriles is 1. The lowest BCUT2D eigenvalue weighted by molar-refractivity contribution is -0.137. The predicted octanol–water partition coefficient (Wildman–Crippen LogP) is 0.765. The molecule has 0 aromatic heterocycles. The summed E-state index contributed by atoms with van der Waals surface area (Å²) in [4.78, 5) is 13.5. The smallest absolute Gasteiger partial charge is 0.239 e. The predicted molar refractivity (Wildman–Crippen MR) is 55.8 cm³/mol. The summed E-state index contributed by atoms with van der Waals surface area (Å²) in [5, 5.41) is 18.3. The second-order valence-corrected chi connectivity index (χ2v) is 4.21. The fourth-order valence-corrected chi connectivity index (χ4v) is 1.87. The second-order valence-electron chi connectivity index (χ2n) is 4.21. The van der Waals surface area contributed by atoms with E-state index in [9.17, 15) is 9.90 Å². The standard InChI is InChI=1S/C11H18N2O2/c1-3-9(6-12)11(15)13-5-4-10(14)8(2)7-13/h8-10,14H,3-5,7H2,1-2H3. The summed E-state index contributed by atoms with van der Waals surface area (Å²) in [6.45, 7) is 4.91. The Bertz CT molecular complexity index is 272. The number of hydrogen-bond donors (Lipinski definition) is 1. The van der Waals surface area contributed by atoms with E-state index in [0.29, 0.717) is 25.9 Å². The molecule has 0 bridgehead atoms. The van der Waals surface area contributed by atoms with Crippen molar-refractivity contribution in [3.63, 3.8) is 0 Å². The van der Waals surface area contributed by atoms with Crippen LogP contribution in [0.5, 0.6) is 0 Å². The number of likely N-dealkylation sites (tertiary alicyclic amines) is 1. The Hall–Kier alpha value is -1.08. The SMILES string of the molecule is CCC(C#N)C(=O)N1CCC(O)C(C)C1. The highest BCUT2D eigenvalue weighted by atomic mass is 16.3. The van der Waals surface area contributed by atoms with Gasteiger partial charge in [-0.05, 0) is 18.8 Å². The van der Waals surface area contributed by atoms with Crippen LogP contribution in [-0.2, 0) is 4.79 Å². The molecule has 0 spiro atoms. The maximum Gasteiger partial charge on any atom is 0.239 e. The van der Waals surface area contributed by atoms with Gasteiger partial charge in [0.15, 0.2) is 0 Å². The zero-order chi connectivity index (χ0) is 11.4. The number of nitrogens with zero attached hydrogens (tertiary/aromatic N) is 2. The van der Waals surface area contributed by atoms with Crippen molar-refractivity contribution < 1.29 is 9.90 Å². The van der Waals surface area contributed by atoms with E-state index in [1.165, 1.54) is 0 Å². The quantitative estimate of drug-likeness (QED) is 0.732. The maximum absolute atomic E-state index is 11.8. The molecule has 1 aliphatic heterocycles. The van der Waals surface area contributed by atoms with Crippen molar-refractivity contribution >= 4 is 5.91 Å². The van der Waals surface area contributed by atoms with Gasteiger partial charge in [0.2, 0.25) is 5.91 Å². The van der Waals surface area contributed by atoms with Crippen molar-refractivity contribution in [3.05, 3.63) is 0 Å². The van der Waals surface area contributed by atoms with Crippen LogP contribution in [0.15, 0.2) is 0 Å². The molecular weight excluding hydrogens is 192 g/mol. The average Bonchev–Trinajstić information content (AvgIpc) is 2.23. The highest BCUT2D eigenvalue weighted by molar-refractivity contribution is 5.81. The van der Waals surface area contributed by atoms with E-state index in [1.54, 1.807) is 4.90 Å². The Morgan fingerprint density at radius 2 is 2.40 bits per heavy atom. The molecule has 15 heavy (non-hydrogen) atoms. The van der Waals surface area contributed by atoms with Crippen LogP contribution < -0.4 is 0 Å². The van der Waals surface area contributed by atoms with Gasteiger partial charge in [0.25, 0.3) is 0 Å². The Labute approximate surface area is 90.5 Å². The zero-order valence-corrected chi connectivity index (χ0v) is 9.31. The third-order valence-corrected chi connectivity index (χ3v) is 3.03. The van der Waals surface area contributed by atoms with Gasteiger partial charge in [-0.15, -0.1) is 0 Å². The van der Waals surface area contributed by atoms with Crippen molar-refractivity contribution in [2.75, 3.05) is 13.1 Å². The van der Waals surface area contributed by atoms with Crippen LogP contribution in [0.3, 0.4) is 0 Å². The van der Waals surface area contributed by atoms with Crippen LogP contribution in [0, 0.1) is 23.2 Å². The van der Waals surface area contributed by atoms with Gasteiger partial charge in [0.05, 0.1) is 12.2 Å². The van der Waals surface area contributed by atoms with E-state index in [1.807, 2.05) is 19.9 Å². The van der Waals surface area contributed by atoms with Crippen LogP contribution >= 0.6 is 0 Å². The summed E-state index contributed by atoms with van der Waals surface area (Å²) in [6, 6.07) is 2.02. The molecule has 84 valence electrons. The first-order valence-electron chi connectivity index (χ1n) is 5.46. The molecule has 1 saturated heterocycles. The molecule has 4 heteroatoms. The topological polar surface area (TPSA) is 64.3 Å². The Balaban J connectivity index is 2.58. The van der Waals surface area contributed by atoms with E-state index in [0.717, 1.165) is 0 Å². The number of amides is 1.